The van der Waals surface area contributed by atoms with E-state index in [-0.39, 0.29) is 6.61 Å². The smallest absolute Gasteiger partial charge is 0.391 e. The molecule has 0 fully saturated rings. The highest BCUT2D eigenvalue weighted by atomic mass is 19.4. The molecule has 5 heteroatoms. The summed E-state index contributed by atoms with van der Waals surface area (Å²) in [6.07, 6.45) is 3.37. The largest absolute Gasteiger partial charge is 0.411 e. The average molecular weight is 270 g/mol. The summed E-state index contributed by atoms with van der Waals surface area (Å²) in [6.45, 7) is 0.660. The van der Waals surface area contributed by atoms with Crippen LogP contribution in [0.1, 0.15) is 58.3 Å². The summed E-state index contributed by atoms with van der Waals surface area (Å²) < 4.78 is 39.7. The molecular weight excluding hydrogens is 245 g/mol. The van der Waals surface area contributed by atoms with Gasteiger partial charge < -0.3 is 9.84 Å². The van der Waals surface area contributed by atoms with Crippen LogP contribution in [-0.4, -0.2) is 30.6 Å². The Hall–Kier alpha value is -0.290. The van der Waals surface area contributed by atoms with Crippen LogP contribution in [0.5, 0.6) is 0 Å². The molecule has 0 aliphatic rings. The van der Waals surface area contributed by atoms with Crippen molar-refractivity contribution in [3.63, 3.8) is 0 Å². The molecule has 0 bridgehead atoms. The van der Waals surface area contributed by atoms with E-state index in [0.29, 0.717) is 6.42 Å². The van der Waals surface area contributed by atoms with Gasteiger partial charge >= 0.3 is 6.18 Å². The predicted molar refractivity (Wildman–Crippen MR) is 65.5 cm³/mol. The zero-order valence-corrected chi connectivity index (χ0v) is 11.1. The number of hydrogen-bond donors (Lipinski definition) is 1. The van der Waals surface area contributed by atoms with Crippen LogP contribution in [0.15, 0.2) is 0 Å². The number of ether oxygens (including phenoxy) is 1. The standard InChI is InChI=1S/C13H25F3O2/c1-2-3-4-5-6-7-8-9-12(17)10-18-11-13(14,15)16/h12,17H,2-11H2,1H3. The van der Waals surface area contributed by atoms with Gasteiger partial charge in [0.25, 0.3) is 0 Å². The monoisotopic (exact) mass is 270 g/mol. The van der Waals surface area contributed by atoms with Gasteiger partial charge in [0.2, 0.25) is 0 Å². The van der Waals surface area contributed by atoms with Crippen molar-refractivity contribution in [3.8, 4) is 0 Å². The van der Waals surface area contributed by atoms with Crippen molar-refractivity contribution in [3.05, 3.63) is 0 Å². The molecule has 1 unspecified atom stereocenters. The second-order valence-corrected chi connectivity index (χ2v) is 4.69. The minimum absolute atomic E-state index is 0.227. The van der Waals surface area contributed by atoms with Gasteiger partial charge in [-0.1, -0.05) is 51.9 Å². The molecule has 0 saturated heterocycles. The fraction of sp³-hybridized carbons (Fsp3) is 1.00. The van der Waals surface area contributed by atoms with Gasteiger partial charge in [0.05, 0.1) is 12.7 Å². The summed E-state index contributed by atoms with van der Waals surface area (Å²) in [4.78, 5) is 0. The van der Waals surface area contributed by atoms with Crippen LogP contribution < -0.4 is 0 Å². The van der Waals surface area contributed by atoms with Crippen LogP contribution in [0, 0.1) is 0 Å². The molecule has 0 aliphatic carbocycles. The van der Waals surface area contributed by atoms with E-state index in [1.807, 2.05) is 0 Å². The summed E-state index contributed by atoms with van der Waals surface area (Å²) in [5.74, 6) is 0. The highest BCUT2D eigenvalue weighted by Crippen LogP contribution is 2.15. The highest BCUT2D eigenvalue weighted by molar-refractivity contribution is 4.56. The summed E-state index contributed by atoms with van der Waals surface area (Å²) >= 11 is 0. The van der Waals surface area contributed by atoms with E-state index in [2.05, 4.69) is 11.7 Å². The number of hydrogen-bond acceptors (Lipinski definition) is 2. The molecule has 0 saturated carbocycles. The van der Waals surface area contributed by atoms with Gasteiger partial charge in [-0.25, -0.2) is 0 Å². The molecule has 0 aromatic carbocycles. The molecule has 0 heterocycles. The molecule has 2 nitrogen and oxygen atoms in total. The quantitative estimate of drug-likeness (QED) is 0.573. The number of halogens is 3. The zero-order valence-electron chi connectivity index (χ0n) is 11.1. The first kappa shape index (κ1) is 17.7. The minimum Gasteiger partial charge on any atom is -0.391 e. The van der Waals surface area contributed by atoms with E-state index in [0.717, 1.165) is 19.3 Å². The van der Waals surface area contributed by atoms with Crippen molar-refractivity contribution in [2.75, 3.05) is 13.2 Å². The maximum Gasteiger partial charge on any atom is 0.411 e. The number of aliphatic hydroxyl groups is 1. The molecule has 0 radical (unpaired) electrons. The van der Waals surface area contributed by atoms with Gasteiger partial charge in [0, 0.05) is 0 Å². The van der Waals surface area contributed by atoms with Crippen LogP contribution in [0.25, 0.3) is 0 Å². The summed E-state index contributed by atoms with van der Waals surface area (Å²) in [6, 6.07) is 0. The lowest BCUT2D eigenvalue weighted by Gasteiger charge is -2.12. The van der Waals surface area contributed by atoms with Crippen molar-refractivity contribution in [2.45, 2.75) is 70.6 Å². The third kappa shape index (κ3) is 13.8. The summed E-state index contributed by atoms with van der Waals surface area (Å²) in [7, 11) is 0. The second-order valence-electron chi connectivity index (χ2n) is 4.69. The number of unbranched alkanes of at least 4 members (excludes halogenated alkanes) is 6. The summed E-state index contributed by atoms with van der Waals surface area (Å²) in [5, 5.41) is 9.39. The SMILES string of the molecule is CCCCCCCCCC(O)COCC(F)(F)F. The van der Waals surface area contributed by atoms with E-state index in [9.17, 15) is 18.3 Å². The molecule has 110 valence electrons. The van der Waals surface area contributed by atoms with Gasteiger partial charge in [-0.15, -0.1) is 0 Å². The Morgan fingerprint density at radius 1 is 1.00 bits per heavy atom. The van der Waals surface area contributed by atoms with Crippen molar-refractivity contribution in [2.24, 2.45) is 0 Å². The van der Waals surface area contributed by atoms with E-state index in [1.54, 1.807) is 0 Å². The Bertz CT molecular complexity index is 184. The van der Waals surface area contributed by atoms with Crippen LogP contribution in [0.4, 0.5) is 13.2 Å². The normalized spacial score (nSPS) is 13.8. The first-order chi connectivity index (χ1) is 8.45. The van der Waals surface area contributed by atoms with Crippen LogP contribution in [0.2, 0.25) is 0 Å². The van der Waals surface area contributed by atoms with Crippen molar-refractivity contribution < 1.29 is 23.0 Å². The van der Waals surface area contributed by atoms with Crippen molar-refractivity contribution >= 4 is 0 Å². The Balaban J connectivity index is 3.24. The lowest BCUT2D eigenvalue weighted by Crippen LogP contribution is -2.22. The van der Waals surface area contributed by atoms with Gasteiger partial charge in [-0.3, -0.25) is 0 Å². The zero-order chi connectivity index (χ0) is 13.9. The molecule has 0 spiro atoms. The van der Waals surface area contributed by atoms with Gasteiger partial charge in [0.1, 0.15) is 6.61 Å². The Labute approximate surface area is 108 Å². The molecule has 0 aromatic rings. The molecular formula is C13H25F3O2. The molecule has 18 heavy (non-hydrogen) atoms. The topological polar surface area (TPSA) is 29.5 Å². The van der Waals surface area contributed by atoms with Gasteiger partial charge in [-0.2, -0.15) is 13.2 Å². The van der Waals surface area contributed by atoms with E-state index in [1.165, 1.54) is 25.7 Å². The van der Waals surface area contributed by atoms with Crippen molar-refractivity contribution in [1.82, 2.24) is 0 Å². The lowest BCUT2D eigenvalue weighted by atomic mass is 10.1. The first-order valence-corrected chi connectivity index (χ1v) is 6.78. The second kappa shape index (κ2) is 10.6. The minimum atomic E-state index is -4.31. The average Bonchev–Trinajstić information content (AvgIpc) is 2.26. The highest BCUT2D eigenvalue weighted by Gasteiger charge is 2.27. The Morgan fingerprint density at radius 2 is 1.56 bits per heavy atom. The van der Waals surface area contributed by atoms with Gasteiger partial charge in [-0.05, 0) is 6.42 Å². The van der Waals surface area contributed by atoms with E-state index < -0.39 is 18.9 Å². The third-order valence-electron chi connectivity index (χ3n) is 2.72. The number of rotatable bonds is 11. The maximum absolute atomic E-state index is 11.8. The molecule has 0 aliphatic heterocycles. The molecule has 0 rings (SSSR count). The Morgan fingerprint density at radius 3 is 2.11 bits per heavy atom. The third-order valence-corrected chi connectivity index (χ3v) is 2.72. The van der Waals surface area contributed by atoms with Crippen LogP contribution in [-0.2, 0) is 4.74 Å². The van der Waals surface area contributed by atoms with Crippen molar-refractivity contribution in [1.29, 1.82) is 0 Å². The number of aliphatic hydroxyl groups excluding tert-OH is 1. The van der Waals surface area contributed by atoms with E-state index >= 15 is 0 Å². The fourth-order valence-corrected chi connectivity index (χ4v) is 1.73. The molecule has 1 N–H and O–H groups in total. The lowest BCUT2D eigenvalue weighted by molar-refractivity contribution is -0.179. The van der Waals surface area contributed by atoms with Crippen LogP contribution >= 0.6 is 0 Å². The fourth-order valence-electron chi connectivity index (χ4n) is 1.73. The molecule has 0 aromatic heterocycles. The molecule has 1 atom stereocenters. The Kier molecular flexibility index (Phi) is 10.4. The predicted octanol–water partition coefficient (Wildman–Crippen LogP) is 4.07. The first-order valence-electron chi connectivity index (χ1n) is 6.78. The van der Waals surface area contributed by atoms with Crippen LogP contribution in [0.3, 0.4) is 0 Å². The number of alkyl halides is 3. The maximum atomic E-state index is 11.8. The van der Waals surface area contributed by atoms with E-state index in [4.69, 9.17) is 0 Å². The summed E-state index contributed by atoms with van der Waals surface area (Å²) in [5.41, 5.74) is 0. The van der Waals surface area contributed by atoms with Gasteiger partial charge in [0.15, 0.2) is 0 Å². The molecule has 0 amide bonds.